The van der Waals surface area contributed by atoms with Crippen LogP contribution in [0.4, 0.5) is 0 Å². The zero-order chi connectivity index (χ0) is 2.71. The Morgan fingerprint density at radius 3 is 1.25 bits per heavy atom. The van der Waals surface area contributed by atoms with Crippen molar-refractivity contribution in [3.63, 3.8) is 0 Å². The second-order valence-corrected chi connectivity index (χ2v) is 1.73. The van der Waals surface area contributed by atoms with Crippen LogP contribution in [0.2, 0.25) is 13.1 Å². The maximum Gasteiger partial charge on any atom is 0.0213 e. The van der Waals surface area contributed by atoms with Gasteiger partial charge in [0.25, 0.3) is 0 Å². The van der Waals surface area contributed by atoms with E-state index in [2.05, 4.69) is 13.1 Å². The number of rotatable bonds is 0. The van der Waals surface area contributed by atoms with Gasteiger partial charge in [-0.1, -0.05) is 13.1 Å². The van der Waals surface area contributed by atoms with Crippen LogP contribution in [0.1, 0.15) is 0 Å². The number of hydrogen-bond donors (Lipinski definition) is 0. The second kappa shape index (κ2) is 9.15. The third-order valence-corrected chi connectivity index (χ3v) is 0. The fourth-order valence-electron chi connectivity index (χ4n) is 0. The first-order chi connectivity index (χ1) is 1.41. The van der Waals surface area contributed by atoms with E-state index >= 15 is 0 Å². The SMILES string of the molecule is C[SiH]C.[Zn]. The van der Waals surface area contributed by atoms with E-state index in [1.54, 1.807) is 0 Å². The molecule has 0 aliphatic carbocycles. The summed E-state index contributed by atoms with van der Waals surface area (Å²) < 4.78 is 0. The zero-order valence-electron chi connectivity index (χ0n) is 3.28. The molecule has 0 aliphatic heterocycles. The third-order valence-electron chi connectivity index (χ3n) is 0. The molecule has 0 unspecified atom stereocenters. The fourth-order valence-corrected chi connectivity index (χ4v) is 0. The molecule has 0 spiro atoms. The number of hydrogen-bond acceptors (Lipinski definition) is 0. The van der Waals surface area contributed by atoms with Gasteiger partial charge in [0.05, 0.1) is 0 Å². The molecule has 21 valence electrons. The van der Waals surface area contributed by atoms with Crippen molar-refractivity contribution in [1.29, 1.82) is 0 Å². The molecule has 0 bridgehead atoms. The Hall–Kier alpha value is 0.840. The van der Waals surface area contributed by atoms with E-state index in [-0.39, 0.29) is 19.5 Å². The van der Waals surface area contributed by atoms with Gasteiger partial charge >= 0.3 is 0 Å². The molecule has 0 aromatic rings. The molecule has 0 rings (SSSR count). The molecule has 0 atom stereocenters. The van der Waals surface area contributed by atoms with Crippen LogP contribution in [-0.4, -0.2) is 9.52 Å². The molecule has 0 aromatic carbocycles. The largest absolute Gasteiger partial charge is 0.0743 e. The molecule has 0 aliphatic rings. The molecular weight excluding hydrogens is 117 g/mol. The Morgan fingerprint density at radius 2 is 1.25 bits per heavy atom. The molecule has 0 amide bonds. The molecule has 0 saturated carbocycles. The van der Waals surface area contributed by atoms with Crippen molar-refractivity contribution >= 4 is 9.52 Å². The summed E-state index contributed by atoms with van der Waals surface area (Å²) in [4.78, 5) is 0. The summed E-state index contributed by atoms with van der Waals surface area (Å²) in [5, 5.41) is 0. The van der Waals surface area contributed by atoms with Gasteiger partial charge in [0.15, 0.2) is 0 Å². The maximum absolute atomic E-state index is 2.21. The van der Waals surface area contributed by atoms with Crippen molar-refractivity contribution < 1.29 is 19.5 Å². The van der Waals surface area contributed by atoms with E-state index in [0.717, 1.165) is 9.52 Å². The predicted molar refractivity (Wildman–Crippen MR) is 18.9 cm³/mol. The van der Waals surface area contributed by atoms with Gasteiger partial charge in [-0.15, -0.1) is 0 Å². The van der Waals surface area contributed by atoms with Crippen LogP contribution in [0.3, 0.4) is 0 Å². The minimum absolute atomic E-state index is 0. The summed E-state index contributed by atoms with van der Waals surface area (Å²) in [5.74, 6) is 0. The smallest absolute Gasteiger partial charge is 0.0213 e. The van der Waals surface area contributed by atoms with Crippen LogP contribution in [0, 0.1) is 0 Å². The second-order valence-electron chi connectivity index (χ2n) is 0.577. The molecular formula is C2H7SiZn. The van der Waals surface area contributed by atoms with Gasteiger partial charge in [0, 0.05) is 29.0 Å². The molecule has 0 nitrogen and oxygen atoms in total. The summed E-state index contributed by atoms with van der Waals surface area (Å²) in [7, 11) is 0.750. The van der Waals surface area contributed by atoms with Crippen molar-refractivity contribution in [2.45, 2.75) is 13.1 Å². The summed E-state index contributed by atoms with van der Waals surface area (Å²) in [6.45, 7) is 4.42. The van der Waals surface area contributed by atoms with Crippen LogP contribution in [0.5, 0.6) is 0 Å². The first-order valence-electron chi connectivity index (χ1n) is 1.15. The summed E-state index contributed by atoms with van der Waals surface area (Å²) in [6.07, 6.45) is 0. The van der Waals surface area contributed by atoms with E-state index < -0.39 is 0 Å². The molecule has 0 aromatic heterocycles. The van der Waals surface area contributed by atoms with Crippen molar-refractivity contribution in [2.75, 3.05) is 0 Å². The third kappa shape index (κ3) is 13.6. The van der Waals surface area contributed by atoms with Gasteiger partial charge < -0.3 is 0 Å². The van der Waals surface area contributed by atoms with Crippen LogP contribution in [0.25, 0.3) is 0 Å². The normalized spacial score (nSPS) is 4.50. The molecule has 0 fully saturated rings. The van der Waals surface area contributed by atoms with Gasteiger partial charge in [0.1, 0.15) is 0 Å². The summed E-state index contributed by atoms with van der Waals surface area (Å²) >= 11 is 0. The molecule has 0 heterocycles. The van der Waals surface area contributed by atoms with E-state index in [4.69, 9.17) is 0 Å². The van der Waals surface area contributed by atoms with E-state index in [0.29, 0.717) is 0 Å². The summed E-state index contributed by atoms with van der Waals surface area (Å²) in [5.41, 5.74) is 0. The minimum atomic E-state index is 0. The predicted octanol–water partition coefficient (Wildman–Crippen LogP) is 0.517. The van der Waals surface area contributed by atoms with Gasteiger partial charge in [-0.25, -0.2) is 0 Å². The van der Waals surface area contributed by atoms with E-state index in [9.17, 15) is 0 Å². The van der Waals surface area contributed by atoms with Crippen LogP contribution in [-0.2, 0) is 19.5 Å². The Bertz CT molecular complexity index is 6.00. The topological polar surface area (TPSA) is 0 Å². The quantitative estimate of drug-likeness (QED) is 0.413. The first kappa shape index (κ1) is 8.85. The van der Waals surface area contributed by atoms with Crippen molar-refractivity contribution in [3.8, 4) is 0 Å². The molecule has 4 heavy (non-hydrogen) atoms. The Labute approximate surface area is 42.6 Å². The minimum Gasteiger partial charge on any atom is -0.0743 e. The van der Waals surface area contributed by atoms with Crippen molar-refractivity contribution in [1.82, 2.24) is 0 Å². The van der Waals surface area contributed by atoms with Crippen molar-refractivity contribution in [2.24, 2.45) is 0 Å². The molecule has 0 saturated heterocycles. The maximum atomic E-state index is 2.21. The molecule has 1 radical (unpaired) electrons. The van der Waals surface area contributed by atoms with Gasteiger partial charge in [-0.2, -0.15) is 0 Å². The molecule has 0 N–H and O–H groups in total. The molecule has 2 heteroatoms. The average Bonchev–Trinajstić information content (AvgIpc) is 0.918. The Balaban J connectivity index is 0. The van der Waals surface area contributed by atoms with E-state index in [1.807, 2.05) is 0 Å². The Kier molecular flexibility index (Phi) is 20.2. The Morgan fingerprint density at radius 1 is 1.25 bits per heavy atom. The monoisotopic (exact) mass is 123 g/mol. The first-order valence-corrected chi connectivity index (χ1v) is 3.46. The van der Waals surface area contributed by atoms with Crippen LogP contribution < -0.4 is 0 Å². The van der Waals surface area contributed by atoms with Crippen LogP contribution >= 0.6 is 0 Å². The van der Waals surface area contributed by atoms with Crippen molar-refractivity contribution in [3.05, 3.63) is 0 Å². The van der Waals surface area contributed by atoms with Gasteiger partial charge in [-0.3, -0.25) is 0 Å². The standard InChI is InChI=1S/C2H7Si.Zn/c1-3-2;/h3H,1-2H3;. The van der Waals surface area contributed by atoms with Crippen LogP contribution in [0.15, 0.2) is 0 Å². The zero-order valence-corrected chi connectivity index (χ0v) is 7.41. The van der Waals surface area contributed by atoms with Gasteiger partial charge in [0.2, 0.25) is 0 Å². The fraction of sp³-hybridized carbons (Fsp3) is 1.00. The van der Waals surface area contributed by atoms with Gasteiger partial charge in [-0.05, 0) is 0 Å². The van der Waals surface area contributed by atoms with E-state index in [1.165, 1.54) is 0 Å². The average molecular weight is 125 g/mol. The summed E-state index contributed by atoms with van der Waals surface area (Å²) in [6, 6.07) is 0.